The summed E-state index contributed by atoms with van der Waals surface area (Å²) in [4.78, 5) is 12.7. The van der Waals surface area contributed by atoms with Crippen LogP contribution in [0.1, 0.15) is 31.9 Å². The summed E-state index contributed by atoms with van der Waals surface area (Å²) < 4.78 is 68.3. The summed E-state index contributed by atoms with van der Waals surface area (Å²) in [6.45, 7) is 3.67. The number of hydrogen-bond acceptors (Lipinski definition) is 6. The zero-order valence-electron chi connectivity index (χ0n) is 15.9. The van der Waals surface area contributed by atoms with Gasteiger partial charge < -0.3 is 5.11 Å². The molecular formula is C16H22F3N5O4S. The number of piperidine rings is 1. The van der Waals surface area contributed by atoms with Gasteiger partial charge in [0, 0.05) is 38.5 Å². The van der Waals surface area contributed by atoms with Crippen molar-refractivity contribution in [2.45, 2.75) is 56.5 Å². The van der Waals surface area contributed by atoms with Crippen molar-refractivity contribution in [2.24, 2.45) is 11.0 Å². The summed E-state index contributed by atoms with van der Waals surface area (Å²) in [6.07, 6.45) is -3.26. The standard InChI is InChI=1S/C16H22F3N5O4S/c1-3-22-10-13(11(2)21-22)29(27,28)23-8-4-5-12(9-23)14(25)24-15(26,6-7-20-24)16(17,18)19/h7,10,12,26H,3-6,8-9H2,1-2H3. The zero-order valence-corrected chi connectivity index (χ0v) is 16.7. The summed E-state index contributed by atoms with van der Waals surface area (Å²) in [5.74, 6) is -2.11. The molecule has 2 aliphatic heterocycles. The minimum atomic E-state index is -5.09. The highest BCUT2D eigenvalue weighted by Crippen LogP contribution is 2.40. The fourth-order valence-corrected chi connectivity index (χ4v) is 5.19. The van der Waals surface area contributed by atoms with Gasteiger partial charge in [-0.25, -0.2) is 8.42 Å². The zero-order chi connectivity index (χ0) is 21.6. The van der Waals surface area contributed by atoms with E-state index in [1.54, 1.807) is 13.8 Å². The van der Waals surface area contributed by atoms with Crippen LogP contribution in [0.5, 0.6) is 0 Å². The van der Waals surface area contributed by atoms with Crippen LogP contribution in [0.15, 0.2) is 16.2 Å². The van der Waals surface area contributed by atoms with E-state index in [1.807, 2.05) is 0 Å². The molecule has 1 fully saturated rings. The first-order chi connectivity index (χ1) is 13.4. The van der Waals surface area contributed by atoms with E-state index in [2.05, 4.69) is 10.2 Å². The Morgan fingerprint density at radius 3 is 2.69 bits per heavy atom. The molecule has 0 radical (unpaired) electrons. The van der Waals surface area contributed by atoms with Crippen LogP contribution in [0, 0.1) is 12.8 Å². The van der Waals surface area contributed by atoms with E-state index in [1.165, 1.54) is 10.9 Å². The van der Waals surface area contributed by atoms with E-state index < -0.39 is 40.2 Å². The Hall–Kier alpha value is -1.99. The van der Waals surface area contributed by atoms with Crippen molar-refractivity contribution in [3.05, 3.63) is 11.9 Å². The van der Waals surface area contributed by atoms with Gasteiger partial charge in [0.15, 0.2) is 0 Å². The quantitative estimate of drug-likeness (QED) is 0.759. The molecule has 0 saturated carbocycles. The molecule has 29 heavy (non-hydrogen) atoms. The van der Waals surface area contributed by atoms with E-state index >= 15 is 0 Å². The average molecular weight is 437 g/mol. The molecule has 13 heteroatoms. The van der Waals surface area contributed by atoms with Crippen molar-refractivity contribution in [2.75, 3.05) is 13.1 Å². The number of hydrogen-bond donors (Lipinski definition) is 1. The minimum Gasteiger partial charge on any atom is -0.362 e. The van der Waals surface area contributed by atoms with Crippen LogP contribution in [-0.4, -0.2) is 69.7 Å². The van der Waals surface area contributed by atoms with Gasteiger partial charge in [-0.05, 0) is 26.7 Å². The fraction of sp³-hybridized carbons (Fsp3) is 0.688. The van der Waals surface area contributed by atoms with Crippen molar-refractivity contribution >= 4 is 22.1 Å². The van der Waals surface area contributed by atoms with E-state index in [-0.39, 0.29) is 29.4 Å². The SMILES string of the molecule is CCn1cc(S(=O)(=O)N2CCCC(C(=O)N3N=CCC3(O)C(F)(F)F)C2)c(C)n1. The smallest absolute Gasteiger partial charge is 0.362 e. The molecule has 0 spiro atoms. The number of aromatic nitrogens is 2. The molecular weight excluding hydrogens is 415 g/mol. The van der Waals surface area contributed by atoms with Crippen molar-refractivity contribution in [3.8, 4) is 0 Å². The van der Waals surface area contributed by atoms with Crippen molar-refractivity contribution in [1.82, 2.24) is 19.1 Å². The molecule has 2 aliphatic rings. The minimum absolute atomic E-state index is 0.00145. The third-order valence-corrected chi connectivity index (χ3v) is 7.13. The number of sulfonamides is 1. The number of aryl methyl sites for hydroxylation is 2. The van der Waals surface area contributed by atoms with Crippen LogP contribution in [-0.2, 0) is 21.4 Å². The molecule has 0 aromatic carbocycles. The lowest BCUT2D eigenvalue weighted by Crippen LogP contribution is -2.58. The number of carbonyl (C=O) groups is 1. The Balaban J connectivity index is 1.83. The van der Waals surface area contributed by atoms with E-state index in [0.29, 0.717) is 18.7 Å². The maximum Gasteiger partial charge on any atom is 0.438 e. The normalized spacial score (nSPS) is 26.3. The third kappa shape index (κ3) is 3.66. The van der Waals surface area contributed by atoms with Gasteiger partial charge in [-0.3, -0.25) is 9.48 Å². The lowest BCUT2D eigenvalue weighted by molar-refractivity contribution is -0.303. The number of carbonyl (C=O) groups excluding carboxylic acids is 1. The van der Waals surface area contributed by atoms with Gasteiger partial charge in [-0.1, -0.05) is 0 Å². The average Bonchev–Trinajstić information content (AvgIpc) is 3.24. The molecule has 2 unspecified atom stereocenters. The van der Waals surface area contributed by atoms with Gasteiger partial charge in [0.05, 0.1) is 11.6 Å². The summed E-state index contributed by atoms with van der Waals surface area (Å²) in [5.41, 5.74) is -3.11. The molecule has 3 heterocycles. The highest BCUT2D eigenvalue weighted by molar-refractivity contribution is 7.89. The molecule has 1 N–H and O–H groups in total. The van der Waals surface area contributed by atoms with Gasteiger partial charge in [0.25, 0.3) is 5.72 Å². The lowest BCUT2D eigenvalue weighted by Gasteiger charge is -2.37. The molecule has 0 bridgehead atoms. The second-order valence-corrected chi connectivity index (χ2v) is 9.01. The van der Waals surface area contributed by atoms with Gasteiger partial charge in [-0.15, -0.1) is 0 Å². The van der Waals surface area contributed by atoms with Gasteiger partial charge in [0.1, 0.15) is 4.90 Å². The number of rotatable bonds is 4. The molecule has 162 valence electrons. The maximum atomic E-state index is 13.3. The largest absolute Gasteiger partial charge is 0.438 e. The number of hydrazone groups is 1. The molecule has 0 aliphatic carbocycles. The summed E-state index contributed by atoms with van der Waals surface area (Å²) in [6, 6.07) is 0. The van der Waals surface area contributed by atoms with Crippen LogP contribution in [0.25, 0.3) is 0 Å². The Bertz CT molecular complexity index is 929. The van der Waals surface area contributed by atoms with Crippen LogP contribution in [0.2, 0.25) is 0 Å². The maximum absolute atomic E-state index is 13.3. The Morgan fingerprint density at radius 1 is 1.41 bits per heavy atom. The first-order valence-corrected chi connectivity index (χ1v) is 10.6. The summed E-state index contributed by atoms with van der Waals surface area (Å²) >= 11 is 0. The number of halogens is 3. The predicted octanol–water partition coefficient (Wildman–Crippen LogP) is 1.08. The molecule has 3 rings (SSSR count). The van der Waals surface area contributed by atoms with E-state index in [9.17, 15) is 31.5 Å². The topological polar surface area (TPSA) is 108 Å². The molecule has 9 nitrogen and oxygen atoms in total. The van der Waals surface area contributed by atoms with Gasteiger partial charge in [-0.2, -0.15) is 32.7 Å². The Morgan fingerprint density at radius 2 is 2.10 bits per heavy atom. The van der Waals surface area contributed by atoms with Crippen molar-refractivity contribution in [1.29, 1.82) is 0 Å². The molecule has 1 aromatic heterocycles. The first-order valence-electron chi connectivity index (χ1n) is 9.11. The predicted molar refractivity (Wildman–Crippen MR) is 95.1 cm³/mol. The number of alkyl halides is 3. The van der Waals surface area contributed by atoms with E-state index in [0.717, 1.165) is 10.5 Å². The first kappa shape index (κ1) is 21.7. The number of amides is 1. The van der Waals surface area contributed by atoms with Gasteiger partial charge in [0.2, 0.25) is 15.9 Å². The van der Waals surface area contributed by atoms with Gasteiger partial charge >= 0.3 is 6.18 Å². The monoisotopic (exact) mass is 437 g/mol. The van der Waals surface area contributed by atoms with Crippen LogP contribution in [0.4, 0.5) is 13.2 Å². The van der Waals surface area contributed by atoms with Crippen molar-refractivity contribution in [3.63, 3.8) is 0 Å². The Labute approximate surface area is 165 Å². The highest BCUT2D eigenvalue weighted by Gasteiger charge is 2.62. The number of aliphatic hydroxyl groups is 1. The lowest BCUT2D eigenvalue weighted by atomic mass is 9.97. The van der Waals surface area contributed by atoms with Crippen LogP contribution >= 0.6 is 0 Å². The summed E-state index contributed by atoms with van der Waals surface area (Å²) in [5, 5.41) is 17.5. The molecule has 2 atom stereocenters. The second-order valence-electron chi connectivity index (χ2n) is 7.10. The molecule has 1 aromatic rings. The highest BCUT2D eigenvalue weighted by atomic mass is 32.2. The van der Waals surface area contributed by atoms with E-state index in [4.69, 9.17) is 0 Å². The molecule has 1 saturated heterocycles. The van der Waals surface area contributed by atoms with Crippen molar-refractivity contribution < 1.29 is 31.5 Å². The third-order valence-electron chi connectivity index (χ3n) is 5.16. The van der Waals surface area contributed by atoms with Crippen LogP contribution < -0.4 is 0 Å². The fourth-order valence-electron chi connectivity index (χ4n) is 3.50. The Kier molecular flexibility index (Phi) is 5.51. The van der Waals surface area contributed by atoms with Crippen LogP contribution in [0.3, 0.4) is 0 Å². The number of nitrogens with zero attached hydrogens (tertiary/aromatic N) is 5. The second kappa shape index (κ2) is 7.36. The molecule has 1 amide bonds. The summed E-state index contributed by atoms with van der Waals surface area (Å²) in [7, 11) is -3.97.